The van der Waals surface area contributed by atoms with Crippen LogP contribution in [0.2, 0.25) is 0 Å². The van der Waals surface area contributed by atoms with E-state index in [2.05, 4.69) is 42.3 Å². The molecule has 0 bridgehead atoms. The summed E-state index contributed by atoms with van der Waals surface area (Å²) in [6.45, 7) is 0. The maximum Gasteiger partial charge on any atom is 0.239 e. The normalized spacial score (nSPS) is 10.3. The van der Waals surface area contributed by atoms with Gasteiger partial charge in [-0.2, -0.15) is 0 Å². The first-order valence-corrected chi connectivity index (χ1v) is 7.58. The Morgan fingerprint density at radius 2 is 2.15 bits per heavy atom. The molecule has 2 N–H and O–H groups in total. The molecule has 1 amide bonds. The Labute approximate surface area is 128 Å². The first-order valence-electron chi connectivity index (χ1n) is 5.81. The molecule has 2 aromatic rings. The van der Waals surface area contributed by atoms with Crippen LogP contribution in [-0.2, 0) is 11.8 Å². The van der Waals surface area contributed by atoms with Crippen molar-refractivity contribution in [2.75, 3.05) is 11.2 Å². The predicted octanol–water partition coefficient (Wildman–Crippen LogP) is 1.60. The summed E-state index contributed by atoms with van der Waals surface area (Å²) < 4.78 is 2.56. The van der Waals surface area contributed by atoms with Crippen molar-refractivity contribution in [3.8, 4) is 0 Å². The first-order chi connectivity index (χ1) is 9.65. The minimum Gasteiger partial charge on any atom is -0.299 e. The third-order valence-electron chi connectivity index (χ3n) is 2.33. The van der Waals surface area contributed by atoms with Crippen LogP contribution in [0, 0.1) is 0 Å². The van der Waals surface area contributed by atoms with Crippen LogP contribution in [0.1, 0.15) is 6.42 Å². The molecule has 0 aliphatic heterocycles. The molecule has 2 rings (SSSR count). The Balaban J connectivity index is 1.68. The van der Waals surface area contributed by atoms with Crippen LogP contribution >= 0.6 is 27.7 Å². The number of tetrazole rings is 1. The second-order valence-electron chi connectivity index (χ2n) is 3.86. The van der Waals surface area contributed by atoms with Crippen molar-refractivity contribution < 1.29 is 4.79 Å². The lowest BCUT2D eigenvalue weighted by Gasteiger charge is -2.08. The second-order valence-corrected chi connectivity index (χ2v) is 5.84. The van der Waals surface area contributed by atoms with Gasteiger partial charge in [0.1, 0.15) is 0 Å². The summed E-state index contributed by atoms with van der Waals surface area (Å²) in [4.78, 5) is 11.6. The molecule has 7 nitrogen and oxygen atoms in total. The Morgan fingerprint density at radius 1 is 1.40 bits per heavy atom. The minimum absolute atomic E-state index is 0.0875. The van der Waals surface area contributed by atoms with Crippen molar-refractivity contribution in [3.63, 3.8) is 0 Å². The Morgan fingerprint density at radius 3 is 2.80 bits per heavy atom. The number of aromatic nitrogens is 4. The Hall–Kier alpha value is -1.61. The van der Waals surface area contributed by atoms with E-state index >= 15 is 0 Å². The number of nitrogens with zero attached hydrogens (tertiary/aromatic N) is 4. The molecule has 0 unspecified atom stereocenters. The van der Waals surface area contributed by atoms with Gasteiger partial charge in [0.2, 0.25) is 11.1 Å². The molecule has 0 fully saturated rings. The monoisotopic (exact) mass is 356 g/mol. The molecule has 0 saturated heterocycles. The summed E-state index contributed by atoms with van der Waals surface area (Å²) in [6.07, 6.45) is 0.376. The highest BCUT2D eigenvalue weighted by molar-refractivity contribution is 9.10. The van der Waals surface area contributed by atoms with Crippen LogP contribution in [0.4, 0.5) is 5.69 Å². The zero-order valence-corrected chi connectivity index (χ0v) is 13.1. The van der Waals surface area contributed by atoms with E-state index in [9.17, 15) is 4.79 Å². The van der Waals surface area contributed by atoms with Gasteiger partial charge in [-0.25, -0.2) is 4.68 Å². The maximum absolute atomic E-state index is 11.6. The summed E-state index contributed by atoms with van der Waals surface area (Å²) in [5, 5.41) is 11.8. The average molecular weight is 357 g/mol. The number of carbonyl (C=O) groups is 1. The predicted molar refractivity (Wildman–Crippen MR) is 80.0 cm³/mol. The molecule has 106 valence electrons. The Kier molecular flexibility index (Phi) is 5.36. The summed E-state index contributed by atoms with van der Waals surface area (Å²) in [5.41, 5.74) is 6.31. The highest BCUT2D eigenvalue weighted by Crippen LogP contribution is 2.14. The van der Waals surface area contributed by atoms with Crippen molar-refractivity contribution in [2.45, 2.75) is 11.6 Å². The van der Waals surface area contributed by atoms with Crippen LogP contribution in [0.25, 0.3) is 0 Å². The third-order valence-corrected chi connectivity index (χ3v) is 3.87. The van der Waals surface area contributed by atoms with E-state index in [1.165, 1.54) is 11.8 Å². The molecule has 0 aliphatic rings. The van der Waals surface area contributed by atoms with Crippen molar-refractivity contribution >= 4 is 39.3 Å². The van der Waals surface area contributed by atoms with Gasteiger partial charge in [-0.05, 0) is 34.7 Å². The summed E-state index contributed by atoms with van der Waals surface area (Å²) >= 11 is 4.79. The number of hydrogen-bond donors (Lipinski definition) is 2. The zero-order chi connectivity index (χ0) is 14.4. The first kappa shape index (κ1) is 14.8. The number of aryl methyl sites for hydroxylation is 1. The van der Waals surface area contributed by atoms with E-state index in [1.807, 2.05) is 24.3 Å². The maximum atomic E-state index is 11.6. The molecule has 1 heterocycles. The number of rotatable bonds is 6. The fourth-order valence-electron chi connectivity index (χ4n) is 1.32. The summed E-state index contributed by atoms with van der Waals surface area (Å²) in [5.74, 6) is 0.526. The number of carbonyl (C=O) groups excluding carboxylic acids is 1. The van der Waals surface area contributed by atoms with Gasteiger partial charge in [-0.15, -0.1) is 5.10 Å². The number of benzene rings is 1. The molecule has 0 atom stereocenters. The largest absolute Gasteiger partial charge is 0.299 e. The molecular formula is C11H13BrN6OS. The summed E-state index contributed by atoms with van der Waals surface area (Å²) in [6, 6.07) is 7.52. The van der Waals surface area contributed by atoms with Gasteiger partial charge in [0.15, 0.2) is 0 Å². The van der Waals surface area contributed by atoms with E-state index in [-0.39, 0.29) is 5.91 Å². The average Bonchev–Trinajstić information content (AvgIpc) is 2.84. The van der Waals surface area contributed by atoms with Crippen LogP contribution in [-0.4, -0.2) is 31.9 Å². The van der Waals surface area contributed by atoms with Gasteiger partial charge in [-0.1, -0.05) is 27.7 Å². The van der Waals surface area contributed by atoms with E-state index in [0.717, 1.165) is 10.2 Å². The van der Waals surface area contributed by atoms with E-state index in [1.54, 1.807) is 11.7 Å². The minimum atomic E-state index is -0.0875. The molecule has 1 aromatic heterocycles. The van der Waals surface area contributed by atoms with Crippen LogP contribution in [0.15, 0.2) is 33.9 Å². The smallest absolute Gasteiger partial charge is 0.239 e. The number of halogens is 1. The highest BCUT2D eigenvalue weighted by Gasteiger charge is 2.05. The SMILES string of the molecule is Cn1nnnc1SCCC(=O)NNc1ccc(Br)cc1. The third kappa shape index (κ3) is 4.49. The zero-order valence-electron chi connectivity index (χ0n) is 10.7. The van der Waals surface area contributed by atoms with Crippen molar-refractivity contribution in [1.29, 1.82) is 0 Å². The molecular weight excluding hydrogens is 344 g/mol. The summed E-state index contributed by atoms with van der Waals surface area (Å²) in [7, 11) is 1.76. The molecule has 0 radical (unpaired) electrons. The van der Waals surface area contributed by atoms with Gasteiger partial charge in [0.05, 0.1) is 5.69 Å². The number of hydrogen-bond acceptors (Lipinski definition) is 6. The molecule has 9 heteroatoms. The number of anilines is 1. The van der Waals surface area contributed by atoms with Gasteiger partial charge in [-0.3, -0.25) is 15.6 Å². The second kappa shape index (κ2) is 7.25. The highest BCUT2D eigenvalue weighted by atomic mass is 79.9. The number of amides is 1. The van der Waals surface area contributed by atoms with Gasteiger partial charge < -0.3 is 0 Å². The van der Waals surface area contributed by atoms with Crippen LogP contribution < -0.4 is 10.9 Å². The Bertz CT molecular complexity index is 573. The number of thioether (sulfide) groups is 1. The lowest BCUT2D eigenvalue weighted by molar-refractivity contribution is -0.120. The lowest BCUT2D eigenvalue weighted by atomic mass is 10.3. The van der Waals surface area contributed by atoms with Gasteiger partial charge in [0.25, 0.3) is 0 Å². The van der Waals surface area contributed by atoms with Gasteiger partial charge in [0, 0.05) is 23.7 Å². The molecule has 20 heavy (non-hydrogen) atoms. The van der Waals surface area contributed by atoms with E-state index in [0.29, 0.717) is 17.3 Å². The van der Waals surface area contributed by atoms with Crippen molar-refractivity contribution in [2.24, 2.45) is 7.05 Å². The van der Waals surface area contributed by atoms with Crippen molar-refractivity contribution in [3.05, 3.63) is 28.7 Å². The quantitative estimate of drug-likeness (QED) is 0.604. The molecule has 0 aliphatic carbocycles. The topological polar surface area (TPSA) is 84.7 Å². The van der Waals surface area contributed by atoms with Crippen LogP contribution in [0.3, 0.4) is 0 Å². The van der Waals surface area contributed by atoms with E-state index in [4.69, 9.17) is 0 Å². The molecule has 0 spiro atoms. The number of nitrogens with one attached hydrogen (secondary N) is 2. The number of hydrazine groups is 1. The van der Waals surface area contributed by atoms with Crippen molar-refractivity contribution in [1.82, 2.24) is 25.6 Å². The lowest BCUT2D eigenvalue weighted by Crippen LogP contribution is -2.29. The standard InChI is InChI=1S/C11H13BrN6OS/c1-18-11(15-16-17-18)20-7-6-10(19)14-13-9-4-2-8(12)3-5-9/h2-5,13H,6-7H2,1H3,(H,14,19). The van der Waals surface area contributed by atoms with E-state index < -0.39 is 0 Å². The molecule has 0 saturated carbocycles. The molecule has 1 aromatic carbocycles. The fourth-order valence-corrected chi connectivity index (χ4v) is 2.37. The fraction of sp³-hybridized carbons (Fsp3) is 0.273. The van der Waals surface area contributed by atoms with Crippen LogP contribution in [0.5, 0.6) is 0 Å². The van der Waals surface area contributed by atoms with Gasteiger partial charge >= 0.3 is 0 Å².